The molecule has 2 aliphatic rings. The van der Waals surface area contributed by atoms with E-state index in [1.165, 1.54) is 31.4 Å². The number of nitrogens with zero attached hydrogens (tertiary/aromatic N) is 3. The van der Waals surface area contributed by atoms with Gasteiger partial charge in [-0.3, -0.25) is 4.90 Å². The molecule has 4 heterocycles. The lowest BCUT2D eigenvalue weighted by Crippen LogP contribution is -2.46. The van der Waals surface area contributed by atoms with Crippen LogP contribution in [0, 0.1) is 0 Å². The molecular weight excluding hydrogens is 349 g/mol. The zero-order chi connectivity index (χ0) is 15.8. The van der Waals surface area contributed by atoms with Gasteiger partial charge in [0.15, 0.2) is 0 Å². The Labute approximate surface area is 150 Å². The third-order valence-corrected chi connectivity index (χ3v) is 6.41. The molecule has 2 aromatic rings. The average molecular weight is 368 g/mol. The van der Waals surface area contributed by atoms with Gasteiger partial charge in [0.25, 0.3) is 0 Å². The van der Waals surface area contributed by atoms with Gasteiger partial charge in [-0.2, -0.15) is 0 Å². The Bertz CT molecular complexity index is 695. The van der Waals surface area contributed by atoms with Crippen LogP contribution in [0.15, 0.2) is 23.7 Å². The summed E-state index contributed by atoms with van der Waals surface area (Å²) in [5.41, 5.74) is 1.53. The molecule has 23 heavy (non-hydrogen) atoms. The molecule has 0 aromatic carbocycles. The summed E-state index contributed by atoms with van der Waals surface area (Å²) in [4.78, 5) is 10.9. The molecule has 0 aliphatic carbocycles. The average Bonchev–Trinajstić information content (AvgIpc) is 3.03. The van der Waals surface area contributed by atoms with Crippen LogP contribution >= 0.6 is 34.5 Å². The summed E-state index contributed by atoms with van der Waals surface area (Å²) in [6, 6.07) is 4.74. The zero-order valence-corrected chi connectivity index (χ0v) is 15.2. The number of halogens is 2. The van der Waals surface area contributed by atoms with Crippen LogP contribution in [0.3, 0.4) is 0 Å². The van der Waals surface area contributed by atoms with Crippen LogP contribution in [0.5, 0.6) is 0 Å². The minimum atomic E-state index is 0.591. The van der Waals surface area contributed by atoms with E-state index in [9.17, 15) is 0 Å². The number of pyridine rings is 1. The molecule has 0 amide bonds. The van der Waals surface area contributed by atoms with E-state index in [4.69, 9.17) is 23.2 Å². The lowest BCUT2D eigenvalue weighted by Gasteiger charge is -2.40. The number of rotatable bonds is 2. The molecule has 1 saturated heterocycles. The van der Waals surface area contributed by atoms with E-state index in [1.807, 2.05) is 11.3 Å². The highest BCUT2D eigenvalue weighted by molar-refractivity contribution is 7.10. The number of hydrogen-bond acceptors (Lipinski definition) is 4. The molecule has 0 bridgehead atoms. The SMILES string of the molecule is Clc1cnc(N2CCC(N3CCc4sccc4C3)CC2)c(Cl)c1. The van der Waals surface area contributed by atoms with Crippen molar-refractivity contribution in [1.82, 2.24) is 9.88 Å². The molecule has 2 aromatic heterocycles. The highest BCUT2D eigenvalue weighted by Crippen LogP contribution is 2.31. The normalized spacial score (nSPS) is 19.8. The van der Waals surface area contributed by atoms with Crippen molar-refractivity contribution in [2.75, 3.05) is 24.5 Å². The maximum atomic E-state index is 6.29. The van der Waals surface area contributed by atoms with Crippen molar-refractivity contribution in [3.63, 3.8) is 0 Å². The fourth-order valence-corrected chi connectivity index (χ4v) is 5.05. The minimum absolute atomic E-state index is 0.591. The summed E-state index contributed by atoms with van der Waals surface area (Å²) in [5.74, 6) is 0.869. The summed E-state index contributed by atoms with van der Waals surface area (Å²) in [6.07, 6.45) is 5.22. The number of thiophene rings is 1. The van der Waals surface area contributed by atoms with E-state index < -0.39 is 0 Å². The van der Waals surface area contributed by atoms with Crippen molar-refractivity contribution in [3.05, 3.63) is 44.2 Å². The Morgan fingerprint density at radius 1 is 1.17 bits per heavy atom. The minimum Gasteiger partial charge on any atom is -0.355 e. The number of aromatic nitrogens is 1. The van der Waals surface area contributed by atoms with Gasteiger partial charge in [-0.15, -0.1) is 11.3 Å². The summed E-state index contributed by atoms with van der Waals surface area (Å²) >= 11 is 14.1. The standard InChI is InChI=1S/C17H19Cl2N3S/c18-13-9-15(19)17(20-10-13)21-5-1-14(2-6-21)22-7-3-16-12(11-22)4-8-23-16/h4,8-10,14H,1-3,5-7,11H2. The van der Waals surface area contributed by atoms with E-state index in [1.54, 1.807) is 17.1 Å². The summed E-state index contributed by atoms with van der Waals surface area (Å²) < 4.78 is 0. The van der Waals surface area contributed by atoms with Gasteiger partial charge < -0.3 is 4.90 Å². The van der Waals surface area contributed by atoms with Gasteiger partial charge in [-0.1, -0.05) is 23.2 Å². The largest absolute Gasteiger partial charge is 0.355 e. The number of piperidine rings is 1. The van der Waals surface area contributed by atoms with Gasteiger partial charge >= 0.3 is 0 Å². The maximum absolute atomic E-state index is 6.29. The van der Waals surface area contributed by atoms with E-state index >= 15 is 0 Å². The lowest BCUT2D eigenvalue weighted by atomic mass is 9.99. The van der Waals surface area contributed by atoms with Crippen LogP contribution in [-0.2, 0) is 13.0 Å². The van der Waals surface area contributed by atoms with Crippen molar-refractivity contribution in [2.24, 2.45) is 0 Å². The summed E-state index contributed by atoms with van der Waals surface area (Å²) in [5, 5.41) is 3.47. The highest BCUT2D eigenvalue weighted by atomic mass is 35.5. The number of fused-ring (bicyclic) bond motifs is 1. The van der Waals surface area contributed by atoms with Crippen LogP contribution in [0.25, 0.3) is 0 Å². The van der Waals surface area contributed by atoms with Crippen molar-refractivity contribution in [3.8, 4) is 0 Å². The predicted octanol–water partition coefficient (Wildman–Crippen LogP) is 4.48. The fraction of sp³-hybridized carbons (Fsp3) is 0.471. The van der Waals surface area contributed by atoms with Gasteiger partial charge in [0.2, 0.25) is 0 Å². The van der Waals surface area contributed by atoms with E-state index in [-0.39, 0.29) is 0 Å². The second-order valence-corrected chi connectivity index (χ2v) is 8.11. The van der Waals surface area contributed by atoms with E-state index in [0.29, 0.717) is 16.1 Å². The molecule has 122 valence electrons. The Morgan fingerprint density at radius 3 is 2.78 bits per heavy atom. The molecule has 0 saturated carbocycles. The van der Waals surface area contributed by atoms with Gasteiger partial charge in [0.1, 0.15) is 5.82 Å². The molecule has 0 radical (unpaired) electrons. The highest BCUT2D eigenvalue weighted by Gasteiger charge is 2.28. The van der Waals surface area contributed by atoms with Crippen molar-refractivity contribution < 1.29 is 0 Å². The molecule has 2 aliphatic heterocycles. The van der Waals surface area contributed by atoms with Crippen LogP contribution in [0.4, 0.5) is 5.82 Å². The lowest BCUT2D eigenvalue weighted by molar-refractivity contribution is 0.154. The Morgan fingerprint density at radius 2 is 2.00 bits per heavy atom. The zero-order valence-electron chi connectivity index (χ0n) is 12.8. The molecule has 3 nitrogen and oxygen atoms in total. The second-order valence-electron chi connectivity index (χ2n) is 6.27. The molecule has 4 rings (SSSR count). The Hall–Kier alpha value is -0.810. The monoisotopic (exact) mass is 367 g/mol. The quantitative estimate of drug-likeness (QED) is 0.779. The third-order valence-electron chi connectivity index (χ3n) is 4.91. The first-order valence-electron chi connectivity index (χ1n) is 8.06. The van der Waals surface area contributed by atoms with Crippen LogP contribution in [0.2, 0.25) is 10.0 Å². The molecule has 0 unspecified atom stereocenters. The summed E-state index contributed by atoms with van der Waals surface area (Å²) in [7, 11) is 0. The molecule has 1 fully saturated rings. The van der Waals surface area contributed by atoms with E-state index in [0.717, 1.165) is 25.5 Å². The number of hydrogen-bond donors (Lipinski definition) is 0. The topological polar surface area (TPSA) is 19.4 Å². The van der Waals surface area contributed by atoms with Gasteiger partial charge in [0.05, 0.1) is 10.0 Å². The second kappa shape index (κ2) is 6.60. The van der Waals surface area contributed by atoms with Gasteiger partial charge in [0, 0.05) is 43.3 Å². The first kappa shape index (κ1) is 15.7. The molecule has 0 spiro atoms. The smallest absolute Gasteiger partial charge is 0.147 e. The fourth-order valence-electron chi connectivity index (χ4n) is 3.66. The van der Waals surface area contributed by atoms with Crippen molar-refractivity contribution in [1.29, 1.82) is 0 Å². The number of anilines is 1. The maximum Gasteiger partial charge on any atom is 0.147 e. The first-order valence-corrected chi connectivity index (χ1v) is 9.69. The molecule has 0 N–H and O–H groups in total. The Kier molecular flexibility index (Phi) is 4.50. The molecule has 6 heteroatoms. The van der Waals surface area contributed by atoms with Crippen LogP contribution < -0.4 is 4.90 Å². The molecule has 0 atom stereocenters. The predicted molar refractivity (Wildman–Crippen MR) is 97.9 cm³/mol. The first-order chi connectivity index (χ1) is 11.2. The Balaban J connectivity index is 1.40. The van der Waals surface area contributed by atoms with E-state index in [2.05, 4.69) is 26.2 Å². The van der Waals surface area contributed by atoms with Gasteiger partial charge in [-0.05, 0) is 42.3 Å². The van der Waals surface area contributed by atoms with Crippen molar-refractivity contribution in [2.45, 2.75) is 31.8 Å². The summed E-state index contributed by atoms with van der Waals surface area (Å²) in [6.45, 7) is 4.32. The van der Waals surface area contributed by atoms with Crippen molar-refractivity contribution >= 4 is 40.4 Å². The van der Waals surface area contributed by atoms with Crippen LogP contribution in [-0.4, -0.2) is 35.6 Å². The molecular formula is C17H19Cl2N3S. The van der Waals surface area contributed by atoms with Crippen LogP contribution in [0.1, 0.15) is 23.3 Å². The third kappa shape index (κ3) is 3.22. The van der Waals surface area contributed by atoms with Gasteiger partial charge in [-0.25, -0.2) is 4.98 Å².